The molecule has 0 aliphatic rings. The van der Waals surface area contributed by atoms with Crippen molar-refractivity contribution in [1.82, 2.24) is 0 Å². The third kappa shape index (κ3) is 1.73. The largest absolute Gasteiger partial charge is 0.442 e. The highest BCUT2D eigenvalue weighted by Crippen LogP contribution is 2.32. The van der Waals surface area contributed by atoms with Gasteiger partial charge in [0.2, 0.25) is 0 Å². The van der Waals surface area contributed by atoms with Gasteiger partial charge in [0.1, 0.15) is 11.1 Å². The highest BCUT2D eigenvalue weighted by Gasteiger charge is 2.28. The van der Waals surface area contributed by atoms with Crippen LogP contribution in [0.3, 0.4) is 0 Å². The molecule has 0 bridgehead atoms. The van der Waals surface area contributed by atoms with E-state index in [4.69, 9.17) is 20.4 Å². The first-order chi connectivity index (χ1) is 7.82. The van der Waals surface area contributed by atoms with Crippen molar-refractivity contribution in [2.24, 2.45) is 5.73 Å². The highest BCUT2D eigenvalue weighted by molar-refractivity contribution is 7.85. The first-order valence-electron chi connectivity index (χ1n) is 4.40. The smallest absolute Gasteiger partial charge is 0.329 e. The van der Waals surface area contributed by atoms with Crippen molar-refractivity contribution in [3.8, 4) is 0 Å². The number of primary amides is 1. The van der Waals surface area contributed by atoms with Crippen LogP contribution in [0.5, 0.6) is 0 Å². The third-order valence-corrected chi connectivity index (χ3v) is 2.95. The van der Waals surface area contributed by atoms with Crippen LogP contribution in [-0.4, -0.2) is 18.9 Å². The van der Waals surface area contributed by atoms with Crippen LogP contribution in [0.25, 0.3) is 11.0 Å². The standard InChI is InChI=1S/C9H8N2O5S/c10-4-2-1-3-5-6(4)7(8(11)12)9(16-5)17(13,14)15/h1-3H,10H2,(H2,11,12)(H,13,14,15). The molecule has 0 unspecified atom stereocenters. The first kappa shape index (κ1) is 11.4. The third-order valence-electron chi connectivity index (χ3n) is 2.20. The minimum Gasteiger partial charge on any atom is -0.442 e. The number of fused-ring (bicyclic) bond motifs is 1. The van der Waals surface area contributed by atoms with Gasteiger partial charge in [0.15, 0.2) is 0 Å². The molecule has 8 heteroatoms. The predicted octanol–water partition coefficient (Wildman–Crippen LogP) is 0.361. The van der Waals surface area contributed by atoms with Crippen LogP contribution in [0.2, 0.25) is 0 Å². The van der Waals surface area contributed by atoms with E-state index < -0.39 is 26.7 Å². The monoisotopic (exact) mass is 256 g/mol. The molecule has 2 rings (SSSR count). The quantitative estimate of drug-likeness (QED) is 0.524. The Morgan fingerprint density at radius 3 is 2.53 bits per heavy atom. The summed E-state index contributed by atoms with van der Waals surface area (Å²) in [5.74, 6) is -1.05. The second-order valence-corrected chi connectivity index (χ2v) is 4.65. The van der Waals surface area contributed by atoms with Crippen molar-refractivity contribution in [1.29, 1.82) is 0 Å². The zero-order valence-electron chi connectivity index (χ0n) is 8.38. The van der Waals surface area contributed by atoms with Gasteiger partial charge in [0, 0.05) is 5.69 Å². The minimum absolute atomic E-state index is 0.0615. The lowest BCUT2D eigenvalue weighted by Gasteiger charge is -1.97. The summed E-state index contributed by atoms with van der Waals surface area (Å²) in [4.78, 5) is 11.2. The number of nitrogens with two attached hydrogens (primary N) is 2. The molecular weight excluding hydrogens is 248 g/mol. The molecule has 0 saturated carbocycles. The molecule has 0 aliphatic heterocycles. The molecule has 0 atom stereocenters. The van der Waals surface area contributed by atoms with Crippen LogP contribution >= 0.6 is 0 Å². The van der Waals surface area contributed by atoms with E-state index in [2.05, 4.69) is 0 Å². The number of anilines is 1. The lowest BCUT2D eigenvalue weighted by molar-refractivity contribution is 0.0995. The Morgan fingerprint density at radius 1 is 1.35 bits per heavy atom. The average molecular weight is 256 g/mol. The molecule has 1 aromatic carbocycles. The maximum atomic E-state index is 11.2. The molecule has 0 radical (unpaired) electrons. The zero-order valence-corrected chi connectivity index (χ0v) is 9.19. The minimum atomic E-state index is -4.68. The molecular formula is C9H8N2O5S. The van der Waals surface area contributed by atoms with Crippen LogP contribution in [0.15, 0.2) is 27.7 Å². The fraction of sp³-hybridized carbons (Fsp3) is 0. The number of nitrogen functional groups attached to an aromatic ring is 1. The normalized spacial score (nSPS) is 11.8. The van der Waals surface area contributed by atoms with Crippen LogP contribution in [0.1, 0.15) is 10.4 Å². The van der Waals surface area contributed by atoms with Gasteiger partial charge in [-0.3, -0.25) is 9.35 Å². The molecule has 0 aliphatic carbocycles. The van der Waals surface area contributed by atoms with Gasteiger partial charge in [-0.2, -0.15) is 8.42 Å². The molecule has 1 amide bonds. The number of amides is 1. The summed E-state index contributed by atoms with van der Waals surface area (Å²) in [6, 6.07) is 4.38. The summed E-state index contributed by atoms with van der Waals surface area (Å²) in [5, 5.41) is -0.814. The Bertz CT molecular complexity index is 716. The topological polar surface area (TPSA) is 137 Å². The van der Waals surface area contributed by atoms with E-state index in [1.165, 1.54) is 18.2 Å². The van der Waals surface area contributed by atoms with Gasteiger partial charge in [-0.05, 0) is 12.1 Å². The summed E-state index contributed by atoms with van der Waals surface area (Å²) in [6.07, 6.45) is 0. The first-order valence-corrected chi connectivity index (χ1v) is 5.84. The van der Waals surface area contributed by atoms with Gasteiger partial charge in [-0.15, -0.1) is 0 Å². The van der Waals surface area contributed by atoms with Crippen LogP contribution in [0, 0.1) is 0 Å². The highest BCUT2D eigenvalue weighted by atomic mass is 32.2. The van der Waals surface area contributed by atoms with E-state index in [9.17, 15) is 13.2 Å². The van der Waals surface area contributed by atoms with E-state index >= 15 is 0 Å². The average Bonchev–Trinajstić information content (AvgIpc) is 2.57. The second kappa shape index (κ2) is 3.47. The fourth-order valence-corrected chi connectivity index (χ4v) is 2.21. The number of benzene rings is 1. The van der Waals surface area contributed by atoms with E-state index in [-0.39, 0.29) is 16.7 Å². The van der Waals surface area contributed by atoms with Gasteiger partial charge in [0.05, 0.1) is 5.39 Å². The van der Waals surface area contributed by atoms with Gasteiger partial charge in [0.25, 0.3) is 11.0 Å². The molecule has 0 spiro atoms. The predicted molar refractivity (Wildman–Crippen MR) is 59.0 cm³/mol. The molecule has 5 N–H and O–H groups in total. The van der Waals surface area contributed by atoms with Crippen LogP contribution in [-0.2, 0) is 10.1 Å². The van der Waals surface area contributed by atoms with Crippen molar-refractivity contribution >= 4 is 32.7 Å². The Morgan fingerprint density at radius 2 is 2.00 bits per heavy atom. The Balaban J connectivity index is 3.02. The van der Waals surface area contributed by atoms with E-state index in [1.807, 2.05) is 0 Å². The number of hydrogen-bond donors (Lipinski definition) is 3. The molecule has 1 heterocycles. The summed E-state index contributed by atoms with van der Waals surface area (Å²) >= 11 is 0. The van der Waals surface area contributed by atoms with Crippen molar-refractivity contribution in [3.05, 3.63) is 23.8 Å². The van der Waals surface area contributed by atoms with Crippen molar-refractivity contribution < 1.29 is 22.2 Å². The number of hydrogen-bond acceptors (Lipinski definition) is 5. The SMILES string of the molecule is NC(=O)c1c(S(=O)(=O)O)oc2cccc(N)c12. The summed E-state index contributed by atoms with van der Waals surface area (Å²) in [7, 11) is -4.68. The molecule has 90 valence electrons. The molecule has 1 aromatic heterocycles. The molecule has 0 fully saturated rings. The zero-order chi connectivity index (χ0) is 12.8. The Hall–Kier alpha value is -2.06. The maximum Gasteiger partial charge on any atom is 0.329 e. The lowest BCUT2D eigenvalue weighted by Crippen LogP contribution is -2.14. The summed E-state index contributed by atoms with van der Waals surface area (Å²) in [5.41, 5.74) is 10.4. The fourth-order valence-electron chi connectivity index (χ4n) is 1.56. The van der Waals surface area contributed by atoms with Gasteiger partial charge in [-0.25, -0.2) is 0 Å². The van der Waals surface area contributed by atoms with Gasteiger partial charge >= 0.3 is 10.1 Å². The van der Waals surface area contributed by atoms with Gasteiger partial charge < -0.3 is 15.9 Å². The van der Waals surface area contributed by atoms with Crippen molar-refractivity contribution in [2.45, 2.75) is 5.09 Å². The summed E-state index contributed by atoms with van der Waals surface area (Å²) in [6.45, 7) is 0. The number of carbonyl (C=O) groups is 1. The number of rotatable bonds is 2. The molecule has 7 nitrogen and oxygen atoms in total. The second-order valence-electron chi connectivity index (χ2n) is 3.32. The van der Waals surface area contributed by atoms with Gasteiger partial charge in [-0.1, -0.05) is 6.07 Å². The molecule has 0 saturated heterocycles. The number of carbonyl (C=O) groups excluding carboxylic acids is 1. The van der Waals surface area contributed by atoms with Crippen LogP contribution < -0.4 is 11.5 Å². The van der Waals surface area contributed by atoms with Crippen molar-refractivity contribution in [2.75, 3.05) is 5.73 Å². The Kier molecular flexibility index (Phi) is 2.33. The molecule has 17 heavy (non-hydrogen) atoms. The van der Waals surface area contributed by atoms with E-state index in [0.717, 1.165) is 0 Å². The van der Waals surface area contributed by atoms with E-state index in [1.54, 1.807) is 0 Å². The van der Waals surface area contributed by atoms with Crippen LogP contribution in [0.4, 0.5) is 5.69 Å². The lowest BCUT2D eigenvalue weighted by atomic mass is 10.1. The summed E-state index contributed by atoms with van der Waals surface area (Å²) < 4.78 is 35.9. The maximum absolute atomic E-state index is 11.2. The Labute approximate surface area is 95.7 Å². The van der Waals surface area contributed by atoms with Crippen molar-refractivity contribution in [3.63, 3.8) is 0 Å². The number of furan rings is 1. The molecule has 2 aromatic rings. The van der Waals surface area contributed by atoms with E-state index in [0.29, 0.717) is 0 Å².